The summed E-state index contributed by atoms with van der Waals surface area (Å²) in [6.07, 6.45) is 0.915. The van der Waals surface area contributed by atoms with Gasteiger partial charge in [-0.05, 0) is 24.1 Å². The Balaban J connectivity index is 1.96. The van der Waals surface area contributed by atoms with Crippen LogP contribution in [0.15, 0.2) is 48.5 Å². The van der Waals surface area contributed by atoms with E-state index in [1.165, 1.54) is 11.1 Å². The number of aryl methyl sites for hydroxylation is 1. The lowest BCUT2D eigenvalue weighted by Crippen LogP contribution is -2.06. The highest BCUT2D eigenvalue weighted by molar-refractivity contribution is 5.37. The zero-order chi connectivity index (χ0) is 12.8. The molecule has 0 radical (unpaired) electrons. The average molecular weight is 241 g/mol. The zero-order valence-electron chi connectivity index (χ0n) is 10.7. The molecule has 0 saturated carbocycles. The quantitative estimate of drug-likeness (QED) is 0.873. The van der Waals surface area contributed by atoms with E-state index >= 15 is 0 Å². The number of benzene rings is 2. The van der Waals surface area contributed by atoms with Gasteiger partial charge in [-0.3, -0.25) is 0 Å². The van der Waals surface area contributed by atoms with Gasteiger partial charge in [0.25, 0.3) is 0 Å². The normalized spacial score (nSPS) is 10.3. The second kappa shape index (κ2) is 6.22. The van der Waals surface area contributed by atoms with Crippen molar-refractivity contribution in [2.75, 3.05) is 6.61 Å². The van der Waals surface area contributed by atoms with Crippen molar-refractivity contribution < 1.29 is 4.74 Å². The molecule has 2 aromatic carbocycles. The monoisotopic (exact) mass is 241 g/mol. The molecule has 2 N–H and O–H groups in total. The van der Waals surface area contributed by atoms with Crippen molar-refractivity contribution in [2.24, 2.45) is 5.73 Å². The van der Waals surface area contributed by atoms with Crippen molar-refractivity contribution >= 4 is 0 Å². The SMILES string of the molecule is Cc1ccc(CN)c(OCCc2ccccc2)c1. The molecule has 0 aliphatic heterocycles. The topological polar surface area (TPSA) is 35.2 Å². The molecule has 2 aromatic rings. The number of ether oxygens (including phenoxy) is 1. The predicted octanol–water partition coefficient (Wildman–Crippen LogP) is 3.08. The Kier molecular flexibility index (Phi) is 4.37. The van der Waals surface area contributed by atoms with E-state index in [0.29, 0.717) is 13.2 Å². The third-order valence-electron chi connectivity index (χ3n) is 2.93. The number of rotatable bonds is 5. The summed E-state index contributed by atoms with van der Waals surface area (Å²) in [6.45, 7) is 3.26. The lowest BCUT2D eigenvalue weighted by Gasteiger charge is -2.11. The highest BCUT2D eigenvalue weighted by Gasteiger charge is 2.02. The summed E-state index contributed by atoms with van der Waals surface area (Å²) in [5.74, 6) is 0.911. The maximum absolute atomic E-state index is 5.83. The van der Waals surface area contributed by atoms with Crippen molar-refractivity contribution in [3.8, 4) is 5.75 Å². The molecule has 0 spiro atoms. The highest BCUT2D eigenvalue weighted by atomic mass is 16.5. The average Bonchev–Trinajstić information content (AvgIpc) is 2.40. The lowest BCUT2D eigenvalue weighted by atomic mass is 10.1. The summed E-state index contributed by atoms with van der Waals surface area (Å²) in [7, 11) is 0. The van der Waals surface area contributed by atoms with Gasteiger partial charge in [-0.1, -0.05) is 42.5 Å². The molecule has 18 heavy (non-hydrogen) atoms. The van der Waals surface area contributed by atoms with Crippen molar-refractivity contribution in [1.82, 2.24) is 0 Å². The van der Waals surface area contributed by atoms with Gasteiger partial charge in [0.1, 0.15) is 5.75 Å². The van der Waals surface area contributed by atoms with Crippen LogP contribution in [0.1, 0.15) is 16.7 Å². The molecule has 0 unspecified atom stereocenters. The minimum absolute atomic E-state index is 0.515. The van der Waals surface area contributed by atoms with Gasteiger partial charge in [-0.2, -0.15) is 0 Å². The Morgan fingerprint density at radius 3 is 2.56 bits per heavy atom. The predicted molar refractivity (Wildman–Crippen MR) is 74.7 cm³/mol. The largest absolute Gasteiger partial charge is 0.493 e. The van der Waals surface area contributed by atoms with Crippen LogP contribution in [-0.4, -0.2) is 6.61 Å². The van der Waals surface area contributed by atoms with Crippen LogP contribution in [0.2, 0.25) is 0 Å². The van der Waals surface area contributed by atoms with E-state index in [9.17, 15) is 0 Å². The molecule has 0 aliphatic carbocycles. The first-order valence-electron chi connectivity index (χ1n) is 6.26. The number of hydrogen-bond acceptors (Lipinski definition) is 2. The van der Waals surface area contributed by atoms with Crippen LogP contribution >= 0.6 is 0 Å². The molecule has 0 aromatic heterocycles. The summed E-state index contributed by atoms with van der Waals surface area (Å²) in [5.41, 5.74) is 9.25. The summed E-state index contributed by atoms with van der Waals surface area (Å²) < 4.78 is 5.83. The van der Waals surface area contributed by atoms with Crippen molar-refractivity contribution in [1.29, 1.82) is 0 Å². The maximum Gasteiger partial charge on any atom is 0.124 e. The Morgan fingerprint density at radius 2 is 1.83 bits per heavy atom. The lowest BCUT2D eigenvalue weighted by molar-refractivity contribution is 0.318. The van der Waals surface area contributed by atoms with Crippen molar-refractivity contribution in [3.63, 3.8) is 0 Å². The Bertz CT molecular complexity index is 494. The fourth-order valence-electron chi connectivity index (χ4n) is 1.89. The van der Waals surface area contributed by atoms with E-state index < -0.39 is 0 Å². The first-order valence-corrected chi connectivity index (χ1v) is 6.26. The van der Waals surface area contributed by atoms with E-state index in [-0.39, 0.29) is 0 Å². The fourth-order valence-corrected chi connectivity index (χ4v) is 1.89. The van der Waals surface area contributed by atoms with Gasteiger partial charge in [0.05, 0.1) is 6.61 Å². The van der Waals surface area contributed by atoms with Gasteiger partial charge >= 0.3 is 0 Å². The van der Waals surface area contributed by atoms with Crippen LogP contribution in [0, 0.1) is 6.92 Å². The van der Waals surface area contributed by atoms with Crippen LogP contribution < -0.4 is 10.5 Å². The van der Waals surface area contributed by atoms with Crippen molar-refractivity contribution in [3.05, 3.63) is 65.2 Å². The zero-order valence-corrected chi connectivity index (χ0v) is 10.7. The summed E-state index contributed by atoms with van der Waals surface area (Å²) in [6, 6.07) is 16.5. The van der Waals surface area contributed by atoms with Gasteiger partial charge in [0.2, 0.25) is 0 Å². The van der Waals surface area contributed by atoms with E-state index in [4.69, 9.17) is 10.5 Å². The molecule has 0 heterocycles. The number of hydrogen-bond donors (Lipinski definition) is 1. The summed E-state index contributed by atoms with van der Waals surface area (Å²) >= 11 is 0. The first kappa shape index (κ1) is 12.7. The van der Waals surface area contributed by atoms with Gasteiger partial charge < -0.3 is 10.5 Å². The van der Waals surface area contributed by atoms with Crippen LogP contribution in [0.3, 0.4) is 0 Å². The minimum atomic E-state index is 0.515. The van der Waals surface area contributed by atoms with E-state index in [0.717, 1.165) is 17.7 Å². The molecule has 2 heteroatoms. The second-order valence-corrected chi connectivity index (χ2v) is 4.40. The van der Waals surface area contributed by atoms with E-state index in [2.05, 4.69) is 25.1 Å². The Morgan fingerprint density at radius 1 is 1.06 bits per heavy atom. The fraction of sp³-hybridized carbons (Fsp3) is 0.250. The molecule has 0 fully saturated rings. The highest BCUT2D eigenvalue weighted by Crippen LogP contribution is 2.20. The Hall–Kier alpha value is -1.80. The second-order valence-electron chi connectivity index (χ2n) is 4.40. The molecule has 2 rings (SSSR count). The van der Waals surface area contributed by atoms with E-state index in [1.54, 1.807) is 0 Å². The summed E-state index contributed by atoms with van der Waals surface area (Å²) in [5, 5.41) is 0. The van der Waals surface area contributed by atoms with Gasteiger partial charge in [0, 0.05) is 18.5 Å². The third kappa shape index (κ3) is 3.34. The van der Waals surface area contributed by atoms with Gasteiger partial charge in [0.15, 0.2) is 0 Å². The molecular weight excluding hydrogens is 222 g/mol. The van der Waals surface area contributed by atoms with Crippen LogP contribution in [0.4, 0.5) is 0 Å². The molecule has 0 aliphatic rings. The molecular formula is C16H19NO. The van der Waals surface area contributed by atoms with Crippen LogP contribution in [0.25, 0.3) is 0 Å². The summed E-state index contributed by atoms with van der Waals surface area (Å²) in [4.78, 5) is 0. The Labute approximate surface area is 108 Å². The minimum Gasteiger partial charge on any atom is -0.493 e. The molecule has 0 atom stereocenters. The molecule has 2 nitrogen and oxygen atoms in total. The van der Waals surface area contributed by atoms with Crippen LogP contribution in [-0.2, 0) is 13.0 Å². The van der Waals surface area contributed by atoms with Gasteiger partial charge in [-0.25, -0.2) is 0 Å². The first-order chi connectivity index (χ1) is 8.79. The smallest absolute Gasteiger partial charge is 0.124 e. The van der Waals surface area contributed by atoms with Crippen LogP contribution in [0.5, 0.6) is 5.75 Å². The van der Waals surface area contributed by atoms with E-state index in [1.807, 2.05) is 30.3 Å². The molecule has 0 amide bonds. The standard InChI is InChI=1S/C16H19NO/c1-13-7-8-15(12-17)16(11-13)18-10-9-14-5-3-2-4-6-14/h2-8,11H,9-10,12,17H2,1H3. The van der Waals surface area contributed by atoms with Gasteiger partial charge in [-0.15, -0.1) is 0 Å². The molecule has 0 saturated heterocycles. The third-order valence-corrected chi connectivity index (χ3v) is 2.93. The molecule has 0 bridgehead atoms. The molecule has 94 valence electrons. The van der Waals surface area contributed by atoms with Crippen molar-refractivity contribution in [2.45, 2.75) is 19.9 Å². The number of nitrogens with two attached hydrogens (primary N) is 1. The maximum atomic E-state index is 5.83.